The van der Waals surface area contributed by atoms with Gasteiger partial charge >= 0.3 is 6.09 Å². The second-order valence-corrected chi connectivity index (χ2v) is 9.46. The fourth-order valence-electron chi connectivity index (χ4n) is 4.36. The van der Waals surface area contributed by atoms with E-state index >= 15 is 0 Å². The number of piperidine rings is 1. The van der Waals surface area contributed by atoms with E-state index in [1.54, 1.807) is 36.3 Å². The van der Waals surface area contributed by atoms with Crippen LogP contribution in [0.1, 0.15) is 34.3 Å². The van der Waals surface area contributed by atoms with Gasteiger partial charge in [0, 0.05) is 42.8 Å². The van der Waals surface area contributed by atoms with Crippen LogP contribution in [0.2, 0.25) is 0 Å². The van der Waals surface area contributed by atoms with Gasteiger partial charge in [-0.2, -0.15) is 0 Å². The molecule has 8 heteroatoms. The summed E-state index contributed by atoms with van der Waals surface area (Å²) >= 11 is 1.36. The standard InChI is InChI=1S/C25H23NO6S/c1-15-4-3-5-17(12-15)31-24(29)26-10-8-25(9-11-26)14-33-23-21(28)20(27)18-7-6-16(30-2)13-19(18)22(23)32-25/h3-7,12-13H,8-11,14H2,1-2H3. The smallest absolute Gasteiger partial charge is 0.415 e. The number of likely N-dealkylation sites (tertiary alicyclic amines) is 1. The average Bonchev–Trinajstić information content (AvgIpc) is 2.82. The molecule has 2 aliphatic heterocycles. The molecule has 1 fully saturated rings. The van der Waals surface area contributed by atoms with E-state index in [4.69, 9.17) is 14.2 Å². The largest absolute Gasteiger partial charge is 0.497 e. The van der Waals surface area contributed by atoms with E-state index in [-0.39, 0.29) is 6.09 Å². The van der Waals surface area contributed by atoms with Crippen LogP contribution in [0.15, 0.2) is 47.4 Å². The van der Waals surface area contributed by atoms with Gasteiger partial charge < -0.3 is 19.1 Å². The number of methoxy groups -OCH3 is 1. The Morgan fingerprint density at radius 3 is 2.55 bits per heavy atom. The molecule has 170 valence electrons. The first kappa shape index (κ1) is 21.6. The van der Waals surface area contributed by atoms with Gasteiger partial charge in [0.15, 0.2) is 0 Å². The second kappa shape index (κ2) is 8.26. The molecule has 1 saturated heterocycles. The van der Waals surface area contributed by atoms with Gasteiger partial charge in [0.25, 0.3) is 0 Å². The van der Waals surface area contributed by atoms with Gasteiger partial charge in [0.1, 0.15) is 27.8 Å². The van der Waals surface area contributed by atoms with Gasteiger partial charge in [-0.15, -0.1) is 11.8 Å². The monoisotopic (exact) mass is 465 g/mol. The molecule has 3 aliphatic rings. The zero-order valence-electron chi connectivity index (χ0n) is 18.4. The van der Waals surface area contributed by atoms with Crippen LogP contribution in [0.5, 0.6) is 11.5 Å². The first-order valence-corrected chi connectivity index (χ1v) is 11.7. The predicted molar refractivity (Wildman–Crippen MR) is 124 cm³/mol. The van der Waals surface area contributed by atoms with Crippen molar-refractivity contribution in [3.8, 4) is 11.5 Å². The number of Topliss-reactive ketones (excluding diaryl/α,β-unsaturated/α-hetero) is 2. The Labute approximate surface area is 195 Å². The molecule has 0 aromatic heterocycles. The lowest BCUT2D eigenvalue weighted by Crippen LogP contribution is -2.51. The number of ketones is 2. The van der Waals surface area contributed by atoms with Crippen LogP contribution < -0.4 is 9.47 Å². The number of carbonyl (C=O) groups is 3. The molecular formula is C25H23NO6S. The van der Waals surface area contributed by atoms with E-state index in [0.29, 0.717) is 65.0 Å². The number of hydrogen-bond donors (Lipinski definition) is 0. The maximum atomic E-state index is 12.7. The molecule has 0 bridgehead atoms. The first-order chi connectivity index (χ1) is 15.9. The summed E-state index contributed by atoms with van der Waals surface area (Å²) in [4.78, 5) is 39.9. The number of aryl methyl sites for hydroxylation is 1. The van der Waals surface area contributed by atoms with Crippen LogP contribution in [0.4, 0.5) is 4.79 Å². The number of carbonyl (C=O) groups excluding carboxylic acids is 3. The summed E-state index contributed by atoms with van der Waals surface area (Å²) in [7, 11) is 1.55. The predicted octanol–water partition coefficient (Wildman–Crippen LogP) is 4.23. The lowest BCUT2D eigenvalue weighted by Gasteiger charge is -2.45. The normalized spacial score (nSPS) is 19.0. The van der Waals surface area contributed by atoms with Crippen LogP contribution in [-0.2, 0) is 9.53 Å². The molecule has 2 aromatic rings. The maximum Gasteiger partial charge on any atom is 0.415 e. The average molecular weight is 466 g/mol. The van der Waals surface area contributed by atoms with Gasteiger partial charge in [-0.3, -0.25) is 9.59 Å². The van der Waals surface area contributed by atoms with Crippen molar-refractivity contribution in [2.75, 3.05) is 26.0 Å². The lowest BCUT2D eigenvalue weighted by atomic mass is 9.90. The van der Waals surface area contributed by atoms with Crippen molar-refractivity contribution in [2.24, 2.45) is 0 Å². The molecular weight excluding hydrogens is 442 g/mol. The van der Waals surface area contributed by atoms with E-state index in [1.165, 1.54) is 11.8 Å². The van der Waals surface area contributed by atoms with E-state index in [0.717, 1.165) is 5.56 Å². The lowest BCUT2D eigenvalue weighted by molar-refractivity contribution is -0.111. The minimum Gasteiger partial charge on any atom is -0.497 e. The highest BCUT2D eigenvalue weighted by atomic mass is 32.2. The molecule has 0 radical (unpaired) electrons. The third-order valence-corrected chi connectivity index (χ3v) is 7.59. The number of rotatable bonds is 2. The molecule has 5 rings (SSSR count). The van der Waals surface area contributed by atoms with Crippen LogP contribution in [0, 0.1) is 6.92 Å². The summed E-state index contributed by atoms with van der Waals surface area (Å²) in [6, 6.07) is 12.4. The molecule has 0 unspecified atom stereocenters. The van der Waals surface area contributed by atoms with Gasteiger partial charge in [0.05, 0.1) is 7.11 Å². The first-order valence-electron chi connectivity index (χ1n) is 10.8. The number of benzene rings is 2. The Morgan fingerprint density at radius 1 is 1.03 bits per heavy atom. The fourth-order valence-corrected chi connectivity index (χ4v) is 5.62. The number of fused-ring (bicyclic) bond motifs is 2. The van der Waals surface area contributed by atoms with Crippen molar-refractivity contribution in [1.29, 1.82) is 0 Å². The third-order valence-electron chi connectivity index (χ3n) is 6.26. The number of thioether (sulfide) groups is 1. The zero-order valence-corrected chi connectivity index (χ0v) is 19.2. The molecule has 1 spiro atoms. The van der Waals surface area contributed by atoms with Crippen molar-refractivity contribution in [3.05, 3.63) is 64.1 Å². The fraction of sp³-hybridized carbons (Fsp3) is 0.320. The summed E-state index contributed by atoms with van der Waals surface area (Å²) in [5.41, 5.74) is 1.41. The van der Waals surface area contributed by atoms with E-state index in [2.05, 4.69) is 0 Å². The van der Waals surface area contributed by atoms with Crippen LogP contribution in [0.3, 0.4) is 0 Å². The van der Waals surface area contributed by atoms with Gasteiger partial charge in [-0.25, -0.2) is 4.79 Å². The number of ether oxygens (including phenoxy) is 3. The Hall–Kier alpha value is -3.26. The second-order valence-electron chi connectivity index (χ2n) is 8.47. The highest BCUT2D eigenvalue weighted by molar-refractivity contribution is 8.04. The molecule has 0 atom stereocenters. The summed E-state index contributed by atoms with van der Waals surface area (Å²) in [5.74, 6) is 1.06. The summed E-state index contributed by atoms with van der Waals surface area (Å²) in [5, 5.41) is 0. The SMILES string of the molecule is COc1ccc2c(c1)C1=C(SCC3(CCN(C(=O)Oc4cccc(C)c4)CC3)O1)C(=O)C2=O. The van der Waals surface area contributed by atoms with Gasteiger partial charge in [-0.05, 0) is 42.8 Å². The summed E-state index contributed by atoms with van der Waals surface area (Å²) in [6.07, 6.45) is 0.815. The topological polar surface area (TPSA) is 82.1 Å². The van der Waals surface area contributed by atoms with Crippen molar-refractivity contribution in [1.82, 2.24) is 4.90 Å². The van der Waals surface area contributed by atoms with Gasteiger partial charge in [0.2, 0.25) is 11.6 Å². The molecule has 2 aromatic carbocycles. The molecule has 7 nitrogen and oxygen atoms in total. The Bertz CT molecular complexity index is 1200. The van der Waals surface area contributed by atoms with Crippen molar-refractivity contribution in [3.63, 3.8) is 0 Å². The van der Waals surface area contributed by atoms with Crippen LogP contribution in [0.25, 0.3) is 5.76 Å². The summed E-state index contributed by atoms with van der Waals surface area (Å²) in [6.45, 7) is 2.90. The Morgan fingerprint density at radius 2 is 1.82 bits per heavy atom. The molecule has 2 heterocycles. The Kier molecular flexibility index (Phi) is 5.40. The molecule has 0 saturated carbocycles. The maximum absolute atomic E-state index is 12.7. The molecule has 1 amide bonds. The van der Waals surface area contributed by atoms with Crippen LogP contribution >= 0.6 is 11.8 Å². The van der Waals surface area contributed by atoms with E-state index in [1.807, 2.05) is 25.1 Å². The van der Waals surface area contributed by atoms with Gasteiger partial charge in [-0.1, -0.05) is 12.1 Å². The van der Waals surface area contributed by atoms with Crippen molar-refractivity contribution in [2.45, 2.75) is 25.4 Å². The quantitative estimate of drug-likeness (QED) is 0.614. The van der Waals surface area contributed by atoms with E-state index < -0.39 is 17.2 Å². The third kappa shape index (κ3) is 3.88. The number of hydrogen-bond acceptors (Lipinski definition) is 7. The number of amides is 1. The number of nitrogens with zero attached hydrogens (tertiary/aromatic N) is 1. The van der Waals surface area contributed by atoms with Crippen molar-refractivity contribution >= 4 is 35.2 Å². The molecule has 33 heavy (non-hydrogen) atoms. The van der Waals surface area contributed by atoms with Crippen molar-refractivity contribution < 1.29 is 28.6 Å². The minimum atomic E-state index is -0.526. The summed E-state index contributed by atoms with van der Waals surface area (Å²) < 4.78 is 17.3. The highest BCUT2D eigenvalue weighted by Crippen LogP contribution is 2.47. The minimum absolute atomic E-state index is 0.330. The van der Waals surface area contributed by atoms with Crippen LogP contribution in [-0.4, -0.2) is 54.1 Å². The number of allylic oxidation sites excluding steroid dienone is 1. The molecule has 1 aliphatic carbocycles. The van der Waals surface area contributed by atoms with E-state index in [9.17, 15) is 14.4 Å². The molecule has 0 N–H and O–H groups in total. The zero-order chi connectivity index (χ0) is 23.2. The Balaban J connectivity index is 1.33. The highest BCUT2D eigenvalue weighted by Gasteiger charge is 2.46.